The van der Waals surface area contributed by atoms with Crippen LogP contribution in [-0.2, 0) is 25.6 Å². The predicted octanol–water partition coefficient (Wildman–Crippen LogP) is 2.24. The third-order valence-electron chi connectivity index (χ3n) is 10.0. The lowest BCUT2D eigenvalue weighted by atomic mass is 9.49. The zero-order chi connectivity index (χ0) is 32.8. The molecule has 5 aliphatic rings. The van der Waals surface area contributed by atoms with Crippen molar-refractivity contribution < 1.29 is 29.4 Å². The first-order chi connectivity index (χ1) is 21.3. The van der Waals surface area contributed by atoms with E-state index in [4.69, 9.17) is 17.2 Å². The van der Waals surface area contributed by atoms with Gasteiger partial charge in [0.15, 0.2) is 5.96 Å². The van der Waals surface area contributed by atoms with Gasteiger partial charge in [0.25, 0.3) is 0 Å². The first-order valence-electron chi connectivity index (χ1n) is 16.2. The van der Waals surface area contributed by atoms with Gasteiger partial charge in [0.1, 0.15) is 12.1 Å². The monoisotopic (exact) mass is 626 g/mol. The number of nitrogens with two attached hydrogens (primary N) is 3. The molecule has 4 saturated carbocycles. The van der Waals surface area contributed by atoms with E-state index >= 15 is 0 Å². The Balaban J connectivity index is 0.000000206. The average molecular weight is 627 g/mol. The molecule has 12 nitrogen and oxygen atoms in total. The van der Waals surface area contributed by atoms with Crippen LogP contribution in [0.25, 0.3) is 0 Å². The maximum Gasteiger partial charge on any atom is 0.326 e. The number of hydrogen-bond donors (Lipinski definition) is 6. The number of guanidine groups is 1. The number of likely N-dealkylation sites (tertiary alicyclic amines) is 1. The SMILES string of the molecule is C[C@](N)(Cc1ccccc1)C(=O)N[C@@H](CCCN=C(N)N)C(=O)O.O=C(O)[C@@H]1CCCN1C(=O)CC12CC3CC(CC(C3)C1)C2. The van der Waals surface area contributed by atoms with Gasteiger partial charge in [0.05, 0.1) is 5.54 Å². The van der Waals surface area contributed by atoms with Gasteiger partial charge in [-0.2, -0.15) is 0 Å². The van der Waals surface area contributed by atoms with E-state index in [1.54, 1.807) is 11.8 Å². The minimum absolute atomic E-state index is 0.0525. The van der Waals surface area contributed by atoms with Crippen molar-refractivity contribution in [1.29, 1.82) is 0 Å². The fourth-order valence-electron chi connectivity index (χ4n) is 8.44. The number of carbonyl (C=O) groups is 4. The van der Waals surface area contributed by atoms with Gasteiger partial charge in [-0.1, -0.05) is 30.3 Å². The number of benzene rings is 1. The van der Waals surface area contributed by atoms with Crippen LogP contribution in [0.1, 0.15) is 83.1 Å². The topological polar surface area (TPSA) is 214 Å². The summed E-state index contributed by atoms with van der Waals surface area (Å²) in [6, 6.07) is 7.70. The zero-order valence-electron chi connectivity index (χ0n) is 26.3. The molecule has 5 fully saturated rings. The number of carboxylic acid groups (broad SMARTS) is 2. The predicted molar refractivity (Wildman–Crippen MR) is 170 cm³/mol. The van der Waals surface area contributed by atoms with Crippen molar-refractivity contribution >= 4 is 29.7 Å². The summed E-state index contributed by atoms with van der Waals surface area (Å²) in [5, 5.41) is 21.0. The van der Waals surface area contributed by atoms with E-state index in [1.165, 1.54) is 38.5 Å². The second-order valence-electron chi connectivity index (χ2n) is 14.1. The molecule has 4 aliphatic carbocycles. The third-order valence-corrected chi connectivity index (χ3v) is 10.0. The number of nitrogens with one attached hydrogen (secondary N) is 1. The lowest BCUT2D eigenvalue weighted by Crippen LogP contribution is -2.56. The summed E-state index contributed by atoms with van der Waals surface area (Å²) < 4.78 is 0. The van der Waals surface area contributed by atoms with E-state index in [2.05, 4.69) is 10.3 Å². The van der Waals surface area contributed by atoms with Crippen LogP contribution in [0.4, 0.5) is 0 Å². The number of rotatable bonds is 12. The molecule has 1 saturated heterocycles. The summed E-state index contributed by atoms with van der Waals surface area (Å²) in [6.45, 7) is 2.52. The van der Waals surface area contributed by atoms with E-state index in [1.807, 2.05) is 30.3 Å². The molecule has 248 valence electrons. The van der Waals surface area contributed by atoms with Crippen molar-refractivity contribution in [2.45, 2.75) is 102 Å². The van der Waals surface area contributed by atoms with Crippen LogP contribution < -0.4 is 22.5 Å². The van der Waals surface area contributed by atoms with E-state index in [0.717, 1.165) is 29.7 Å². The number of hydrogen-bond acceptors (Lipinski definition) is 6. The van der Waals surface area contributed by atoms with E-state index in [9.17, 15) is 29.4 Å². The Labute approximate surface area is 265 Å². The van der Waals surface area contributed by atoms with Crippen LogP contribution in [0.5, 0.6) is 0 Å². The Morgan fingerprint density at radius 3 is 2.18 bits per heavy atom. The van der Waals surface area contributed by atoms with Gasteiger partial charge in [-0.05, 0) is 106 Å². The molecule has 0 radical (unpaired) electrons. The molecule has 2 amide bonds. The van der Waals surface area contributed by atoms with Crippen molar-refractivity contribution in [2.24, 2.45) is 45.4 Å². The molecule has 0 aromatic heterocycles. The number of nitrogens with zero attached hydrogens (tertiary/aromatic N) is 2. The number of amides is 2. The van der Waals surface area contributed by atoms with Crippen LogP contribution in [0.2, 0.25) is 0 Å². The smallest absolute Gasteiger partial charge is 0.326 e. The molecule has 0 spiro atoms. The molecule has 1 aromatic rings. The molecule has 9 N–H and O–H groups in total. The normalized spacial score (nSPS) is 28.3. The first kappa shape index (κ1) is 34.2. The zero-order valence-corrected chi connectivity index (χ0v) is 26.3. The van der Waals surface area contributed by atoms with Gasteiger partial charge in [0.2, 0.25) is 11.8 Å². The lowest BCUT2D eigenvalue weighted by molar-refractivity contribution is -0.151. The molecule has 0 unspecified atom stereocenters. The van der Waals surface area contributed by atoms with Gasteiger partial charge < -0.3 is 37.6 Å². The highest BCUT2D eigenvalue weighted by Crippen LogP contribution is 2.61. The highest BCUT2D eigenvalue weighted by molar-refractivity contribution is 5.90. The molecular formula is C33H50N6O6. The van der Waals surface area contributed by atoms with E-state index < -0.39 is 35.5 Å². The Kier molecular flexibility index (Phi) is 11.1. The van der Waals surface area contributed by atoms with Gasteiger partial charge in [0, 0.05) is 19.5 Å². The molecule has 6 rings (SSSR count). The second kappa shape index (κ2) is 14.6. The van der Waals surface area contributed by atoms with Gasteiger partial charge in [-0.25, -0.2) is 9.59 Å². The highest BCUT2D eigenvalue weighted by atomic mass is 16.4. The number of carbonyl (C=O) groups excluding carboxylic acids is 2. The van der Waals surface area contributed by atoms with Crippen LogP contribution in [0, 0.1) is 23.2 Å². The Bertz CT molecular complexity index is 1210. The second-order valence-corrected chi connectivity index (χ2v) is 14.1. The Morgan fingerprint density at radius 2 is 1.64 bits per heavy atom. The number of aliphatic carboxylic acids is 2. The molecule has 1 aliphatic heterocycles. The fourth-order valence-corrected chi connectivity index (χ4v) is 8.44. The summed E-state index contributed by atoms with van der Waals surface area (Å²) in [5.74, 6) is 0.134. The minimum atomic E-state index is -1.21. The minimum Gasteiger partial charge on any atom is -0.480 e. The van der Waals surface area contributed by atoms with Crippen molar-refractivity contribution in [3.63, 3.8) is 0 Å². The standard InChI is InChI=1S/C17H25NO3.C16H25N5O3/c19-15(18-3-1-2-14(18)16(20)21)10-17-7-11-4-12(8-17)6-13(5-11)9-17;1-16(19,10-11-6-3-2-4-7-11)14(24)21-12(13(22)23)8-5-9-20-15(17)18/h11-14H,1-10H2,(H,20,21);2-4,6-7,12H,5,8-10,19H2,1H3,(H,21,24)(H,22,23)(H4,17,18,20)/t11?,12?,13?,14-,17?;12-,16-/m00/s1. The Morgan fingerprint density at radius 1 is 1.04 bits per heavy atom. The largest absolute Gasteiger partial charge is 0.480 e. The molecule has 12 heteroatoms. The molecule has 1 heterocycles. The summed E-state index contributed by atoms with van der Waals surface area (Å²) in [6.07, 6.45) is 10.8. The summed E-state index contributed by atoms with van der Waals surface area (Å²) in [5.41, 5.74) is 16.4. The van der Waals surface area contributed by atoms with Gasteiger partial charge >= 0.3 is 11.9 Å². The highest BCUT2D eigenvalue weighted by Gasteiger charge is 2.52. The molecular weight excluding hydrogens is 576 g/mol. The third kappa shape index (κ3) is 9.18. The molecule has 4 bridgehead atoms. The Hall–Kier alpha value is -3.67. The van der Waals surface area contributed by atoms with Crippen LogP contribution in [-0.4, -0.2) is 75.5 Å². The van der Waals surface area contributed by atoms with Gasteiger partial charge in [-0.3, -0.25) is 14.6 Å². The van der Waals surface area contributed by atoms with Crippen LogP contribution in [0.3, 0.4) is 0 Å². The maximum atomic E-state index is 12.7. The van der Waals surface area contributed by atoms with E-state index in [-0.39, 0.29) is 23.7 Å². The molecule has 45 heavy (non-hydrogen) atoms. The summed E-state index contributed by atoms with van der Waals surface area (Å²) in [7, 11) is 0. The molecule has 3 atom stereocenters. The quantitative estimate of drug-likeness (QED) is 0.114. The van der Waals surface area contributed by atoms with E-state index in [0.29, 0.717) is 38.8 Å². The summed E-state index contributed by atoms with van der Waals surface area (Å²) >= 11 is 0. The number of carboxylic acids is 2. The maximum absolute atomic E-state index is 12.7. The van der Waals surface area contributed by atoms with Crippen molar-refractivity contribution in [3.05, 3.63) is 35.9 Å². The van der Waals surface area contributed by atoms with Crippen molar-refractivity contribution in [3.8, 4) is 0 Å². The molecule has 1 aromatic carbocycles. The first-order valence-corrected chi connectivity index (χ1v) is 16.2. The fraction of sp³-hybridized carbons (Fsp3) is 0.667. The number of aliphatic imine (C=N–C) groups is 1. The van der Waals surface area contributed by atoms with Gasteiger partial charge in [-0.15, -0.1) is 0 Å². The summed E-state index contributed by atoms with van der Waals surface area (Å²) in [4.78, 5) is 53.1. The van der Waals surface area contributed by atoms with Crippen molar-refractivity contribution in [2.75, 3.05) is 13.1 Å². The van der Waals surface area contributed by atoms with Crippen LogP contribution in [0.15, 0.2) is 35.3 Å². The van der Waals surface area contributed by atoms with Crippen LogP contribution >= 0.6 is 0 Å². The average Bonchev–Trinajstić information content (AvgIpc) is 3.45. The lowest BCUT2D eigenvalue weighted by Gasteiger charge is -2.57. The van der Waals surface area contributed by atoms with Crippen molar-refractivity contribution in [1.82, 2.24) is 10.2 Å².